The van der Waals surface area contributed by atoms with Gasteiger partial charge in [-0.05, 0) is 30.3 Å². The number of amides is 1. The topological polar surface area (TPSA) is 42.0 Å². The van der Waals surface area contributed by atoms with E-state index in [0.717, 1.165) is 17.5 Å². The van der Waals surface area contributed by atoms with Gasteiger partial charge in [0.05, 0.1) is 16.6 Å². The van der Waals surface area contributed by atoms with Gasteiger partial charge in [0.1, 0.15) is 5.82 Å². The van der Waals surface area contributed by atoms with E-state index in [0.29, 0.717) is 5.52 Å². The first kappa shape index (κ1) is 15.0. The summed E-state index contributed by atoms with van der Waals surface area (Å²) in [6.45, 7) is 0. The van der Waals surface area contributed by atoms with Gasteiger partial charge in [-0.25, -0.2) is 4.98 Å². The minimum absolute atomic E-state index is 0.200. The maximum Gasteiger partial charge on any atom is 0.417 e. The van der Waals surface area contributed by atoms with Crippen molar-refractivity contribution in [1.82, 2.24) is 4.98 Å². The molecule has 0 aliphatic rings. The normalized spacial score (nSPS) is 11.4. The number of para-hydroxylation sites is 1. The average Bonchev–Trinajstić information content (AvgIpc) is 2.54. The molecule has 116 valence electrons. The molecule has 23 heavy (non-hydrogen) atoms. The lowest BCUT2D eigenvalue weighted by atomic mass is 10.1. The van der Waals surface area contributed by atoms with Gasteiger partial charge in [-0.15, -0.1) is 0 Å². The number of hydrogen-bond donors (Lipinski definition) is 1. The standard InChI is InChI=1S/C17H11F3N2O/c18-17(19,20)13-7-3-2-6-12(13)16(23)22-15-10-9-11-5-1-4-8-14(11)21-15/h1-10H,(H,21,22,23). The van der Waals surface area contributed by atoms with Crippen LogP contribution >= 0.6 is 0 Å². The Labute approximate surface area is 129 Å². The Hall–Kier alpha value is -2.89. The van der Waals surface area contributed by atoms with E-state index < -0.39 is 23.2 Å². The smallest absolute Gasteiger partial charge is 0.307 e. The number of anilines is 1. The Balaban J connectivity index is 1.92. The zero-order chi connectivity index (χ0) is 16.4. The Kier molecular flexibility index (Phi) is 3.73. The second kappa shape index (κ2) is 5.72. The number of nitrogens with one attached hydrogen (secondary N) is 1. The van der Waals surface area contributed by atoms with Gasteiger partial charge in [0.25, 0.3) is 5.91 Å². The molecule has 1 aromatic heterocycles. The Morgan fingerprint density at radius 2 is 1.61 bits per heavy atom. The highest BCUT2D eigenvalue weighted by Crippen LogP contribution is 2.32. The van der Waals surface area contributed by atoms with E-state index in [2.05, 4.69) is 10.3 Å². The summed E-state index contributed by atoms with van der Waals surface area (Å²) >= 11 is 0. The van der Waals surface area contributed by atoms with Gasteiger partial charge < -0.3 is 5.32 Å². The first-order valence-electron chi connectivity index (χ1n) is 6.78. The summed E-state index contributed by atoms with van der Waals surface area (Å²) in [6, 6.07) is 15.2. The van der Waals surface area contributed by atoms with Gasteiger partial charge in [-0.1, -0.05) is 30.3 Å². The van der Waals surface area contributed by atoms with Crippen LogP contribution in [0.15, 0.2) is 60.7 Å². The number of halogens is 3. The number of benzene rings is 2. The lowest BCUT2D eigenvalue weighted by Crippen LogP contribution is -2.19. The molecule has 0 aliphatic heterocycles. The molecule has 3 aromatic rings. The Morgan fingerprint density at radius 1 is 0.913 bits per heavy atom. The molecular formula is C17H11F3N2O. The zero-order valence-electron chi connectivity index (χ0n) is 11.8. The largest absolute Gasteiger partial charge is 0.417 e. The molecule has 0 bridgehead atoms. The highest BCUT2D eigenvalue weighted by atomic mass is 19.4. The molecule has 0 spiro atoms. The van der Waals surface area contributed by atoms with Crippen molar-refractivity contribution < 1.29 is 18.0 Å². The summed E-state index contributed by atoms with van der Waals surface area (Å²) in [5.74, 6) is -0.647. The number of carbonyl (C=O) groups excluding carboxylic acids is 1. The Morgan fingerprint density at radius 3 is 2.39 bits per heavy atom. The second-order valence-corrected chi connectivity index (χ2v) is 4.89. The quantitative estimate of drug-likeness (QED) is 0.756. The van der Waals surface area contributed by atoms with Crippen molar-refractivity contribution in [1.29, 1.82) is 0 Å². The number of pyridine rings is 1. The third-order valence-corrected chi connectivity index (χ3v) is 3.32. The lowest BCUT2D eigenvalue weighted by Gasteiger charge is -2.12. The molecule has 1 amide bonds. The van der Waals surface area contributed by atoms with Crippen molar-refractivity contribution in [2.75, 3.05) is 5.32 Å². The van der Waals surface area contributed by atoms with Crippen LogP contribution in [0.25, 0.3) is 10.9 Å². The van der Waals surface area contributed by atoms with Crippen molar-refractivity contribution in [2.24, 2.45) is 0 Å². The molecule has 6 heteroatoms. The predicted octanol–water partition coefficient (Wildman–Crippen LogP) is 4.51. The van der Waals surface area contributed by atoms with E-state index in [1.807, 2.05) is 12.1 Å². The molecule has 0 fully saturated rings. The second-order valence-electron chi connectivity index (χ2n) is 4.89. The third-order valence-electron chi connectivity index (χ3n) is 3.32. The van der Waals surface area contributed by atoms with E-state index in [4.69, 9.17) is 0 Å². The van der Waals surface area contributed by atoms with Crippen LogP contribution < -0.4 is 5.32 Å². The molecule has 2 aromatic carbocycles. The van der Waals surface area contributed by atoms with E-state index in [9.17, 15) is 18.0 Å². The fourth-order valence-corrected chi connectivity index (χ4v) is 2.25. The molecule has 0 atom stereocenters. The van der Waals surface area contributed by atoms with Crippen LogP contribution in [0.3, 0.4) is 0 Å². The average molecular weight is 316 g/mol. The van der Waals surface area contributed by atoms with Crippen LogP contribution in [0, 0.1) is 0 Å². The fraction of sp³-hybridized carbons (Fsp3) is 0.0588. The summed E-state index contributed by atoms with van der Waals surface area (Å²) in [4.78, 5) is 16.4. The summed E-state index contributed by atoms with van der Waals surface area (Å²) in [6.07, 6.45) is -4.59. The number of alkyl halides is 3. The molecule has 0 saturated heterocycles. The maximum absolute atomic E-state index is 13.0. The summed E-state index contributed by atoms with van der Waals surface area (Å²) in [5.41, 5.74) is -0.761. The summed E-state index contributed by atoms with van der Waals surface area (Å²) in [5, 5.41) is 3.29. The predicted molar refractivity (Wildman–Crippen MR) is 81.1 cm³/mol. The van der Waals surface area contributed by atoms with Crippen LogP contribution in [0.4, 0.5) is 19.0 Å². The molecule has 3 nitrogen and oxygen atoms in total. The number of nitrogens with zero attached hydrogens (tertiary/aromatic N) is 1. The van der Waals surface area contributed by atoms with Crippen molar-refractivity contribution in [2.45, 2.75) is 6.18 Å². The maximum atomic E-state index is 13.0. The van der Waals surface area contributed by atoms with Crippen molar-refractivity contribution in [3.63, 3.8) is 0 Å². The van der Waals surface area contributed by atoms with E-state index in [1.54, 1.807) is 24.3 Å². The van der Waals surface area contributed by atoms with Crippen LogP contribution in [0.2, 0.25) is 0 Å². The van der Waals surface area contributed by atoms with Crippen molar-refractivity contribution in [3.8, 4) is 0 Å². The third kappa shape index (κ3) is 3.15. The van der Waals surface area contributed by atoms with E-state index in [1.165, 1.54) is 12.1 Å². The van der Waals surface area contributed by atoms with E-state index in [-0.39, 0.29) is 5.82 Å². The first-order chi connectivity index (χ1) is 10.9. The van der Waals surface area contributed by atoms with Crippen LogP contribution in [0.5, 0.6) is 0 Å². The number of hydrogen-bond acceptors (Lipinski definition) is 2. The molecule has 1 heterocycles. The number of fused-ring (bicyclic) bond motifs is 1. The monoisotopic (exact) mass is 316 g/mol. The van der Waals surface area contributed by atoms with Gasteiger partial charge in [-0.3, -0.25) is 4.79 Å². The van der Waals surface area contributed by atoms with Gasteiger partial charge in [0, 0.05) is 5.39 Å². The highest BCUT2D eigenvalue weighted by Gasteiger charge is 2.34. The Bertz CT molecular complexity index is 875. The molecule has 0 radical (unpaired) electrons. The molecule has 0 saturated carbocycles. The van der Waals surface area contributed by atoms with Crippen LogP contribution in [-0.2, 0) is 6.18 Å². The molecule has 1 N–H and O–H groups in total. The number of rotatable bonds is 2. The molecule has 0 aliphatic carbocycles. The van der Waals surface area contributed by atoms with Gasteiger partial charge >= 0.3 is 6.18 Å². The SMILES string of the molecule is O=C(Nc1ccc2ccccc2n1)c1ccccc1C(F)(F)F. The summed E-state index contributed by atoms with van der Waals surface area (Å²) < 4.78 is 38.9. The summed E-state index contributed by atoms with van der Waals surface area (Å²) in [7, 11) is 0. The van der Waals surface area contributed by atoms with E-state index >= 15 is 0 Å². The molecular weight excluding hydrogens is 305 g/mol. The van der Waals surface area contributed by atoms with Crippen molar-refractivity contribution >= 4 is 22.6 Å². The highest BCUT2D eigenvalue weighted by molar-refractivity contribution is 6.05. The first-order valence-corrected chi connectivity index (χ1v) is 6.78. The minimum Gasteiger partial charge on any atom is -0.307 e. The number of aromatic nitrogens is 1. The van der Waals surface area contributed by atoms with Crippen LogP contribution in [-0.4, -0.2) is 10.9 Å². The lowest BCUT2D eigenvalue weighted by molar-refractivity contribution is -0.137. The van der Waals surface area contributed by atoms with Crippen molar-refractivity contribution in [3.05, 3.63) is 71.8 Å². The number of carbonyl (C=O) groups is 1. The zero-order valence-corrected chi connectivity index (χ0v) is 11.8. The van der Waals surface area contributed by atoms with Gasteiger partial charge in [-0.2, -0.15) is 13.2 Å². The minimum atomic E-state index is -4.59. The fourth-order valence-electron chi connectivity index (χ4n) is 2.25. The van der Waals surface area contributed by atoms with Gasteiger partial charge in [0.2, 0.25) is 0 Å². The molecule has 0 unspecified atom stereocenters. The molecule has 3 rings (SSSR count). The van der Waals surface area contributed by atoms with Gasteiger partial charge in [0.15, 0.2) is 0 Å². The van der Waals surface area contributed by atoms with Crippen LogP contribution in [0.1, 0.15) is 15.9 Å².